The fourth-order valence-corrected chi connectivity index (χ4v) is 1.52. The van der Waals surface area contributed by atoms with Crippen LogP contribution in [0.2, 0.25) is 0 Å². The smallest absolute Gasteiger partial charge is 0.0947 e. The van der Waals surface area contributed by atoms with Crippen molar-refractivity contribution in [1.29, 1.82) is 0 Å². The highest BCUT2D eigenvalue weighted by Crippen LogP contribution is 2.22. The van der Waals surface area contributed by atoms with Crippen LogP contribution in [0.3, 0.4) is 0 Å². The van der Waals surface area contributed by atoms with Gasteiger partial charge in [0.15, 0.2) is 0 Å². The van der Waals surface area contributed by atoms with E-state index in [-0.39, 0.29) is 11.6 Å². The Hall–Kier alpha value is -0.910. The van der Waals surface area contributed by atoms with Crippen LogP contribution in [0.25, 0.3) is 0 Å². The third-order valence-corrected chi connectivity index (χ3v) is 2.87. The molecule has 0 radical (unpaired) electrons. The summed E-state index contributed by atoms with van der Waals surface area (Å²) in [6.45, 7) is 4.14. The number of ether oxygens (including phenoxy) is 1. The van der Waals surface area contributed by atoms with Gasteiger partial charge >= 0.3 is 0 Å². The van der Waals surface area contributed by atoms with Crippen molar-refractivity contribution < 1.29 is 4.74 Å². The van der Waals surface area contributed by atoms with Crippen LogP contribution in [-0.4, -0.2) is 22.3 Å². The molecule has 1 heterocycles. The molecule has 0 aliphatic heterocycles. The Labute approximate surface area is 97.0 Å². The molecule has 0 saturated carbocycles. The van der Waals surface area contributed by atoms with Crippen molar-refractivity contribution in [2.24, 2.45) is 12.9 Å². The molecule has 1 unspecified atom stereocenters. The van der Waals surface area contributed by atoms with Gasteiger partial charge in [-0.15, -0.1) is 0 Å². The number of aromatic nitrogens is 2. The second-order valence-corrected chi connectivity index (χ2v) is 4.69. The minimum Gasteiger partial charge on any atom is -0.379 e. The molecule has 0 fully saturated rings. The van der Waals surface area contributed by atoms with E-state index in [1.165, 1.54) is 0 Å². The average molecular weight is 226 g/mol. The number of hydrazine groups is 1. The lowest BCUT2D eigenvalue weighted by atomic mass is 9.98. The summed E-state index contributed by atoms with van der Waals surface area (Å²) >= 11 is 0. The van der Waals surface area contributed by atoms with Gasteiger partial charge in [-0.25, -0.2) is 4.98 Å². The highest BCUT2D eigenvalue weighted by atomic mass is 16.5. The molecule has 5 heteroatoms. The van der Waals surface area contributed by atoms with E-state index >= 15 is 0 Å². The Morgan fingerprint density at radius 1 is 1.62 bits per heavy atom. The summed E-state index contributed by atoms with van der Waals surface area (Å²) in [4.78, 5) is 4.29. The monoisotopic (exact) mass is 226 g/mol. The zero-order valence-electron chi connectivity index (χ0n) is 10.5. The molecule has 0 aliphatic rings. The van der Waals surface area contributed by atoms with Gasteiger partial charge in [0, 0.05) is 20.4 Å². The number of imidazole rings is 1. The molecular weight excluding hydrogens is 204 g/mol. The zero-order chi connectivity index (χ0) is 12.2. The van der Waals surface area contributed by atoms with E-state index in [2.05, 4.69) is 24.3 Å². The van der Waals surface area contributed by atoms with Crippen molar-refractivity contribution in [2.45, 2.75) is 38.3 Å². The Morgan fingerprint density at radius 3 is 2.75 bits per heavy atom. The van der Waals surface area contributed by atoms with E-state index in [4.69, 9.17) is 10.6 Å². The first kappa shape index (κ1) is 13.2. The molecule has 0 saturated heterocycles. The highest BCUT2D eigenvalue weighted by molar-refractivity contribution is 5.03. The molecule has 1 aromatic rings. The molecule has 1 rings (SSSR count). The summed E-state index contributed by atoms with van der Waals surface area (Å²) < 4.78 is 7.30. The minimum absolute atomic E-state index is 0.0793. The first-order valence-corrected chi connectivity index (χ1v) is 5.47. The number of rotatable bonds is 6. The number of nitrogens with two attached hydrogens (primary N) is 1. The first-order chi connectivity index (χ1) is 7.48. The predicted octanol–water partition coefficient (Wildman–Crippen LogP) is 1.13. The molecule has 1 aromatic heterocycles. The SMILES string of the molecule is COC(C)(C)CCC(NN)c1cn(C)cn1. The van der Waals surface area contributed by atoms with Gasteiger partial charge in [-0.3, -0.25) is 11.3 Å². The standard InChI is InChI=1S/C11H22N4O/c1-11(2,16-4)6-5-9(14-12)10-7-15(3)8-13-10/h7-9,14H,5-6,12H2,1-4H3. The zero-order valence-corrected chi connectivity index (χ0v) is 10.5. The van der Waals surface area contributed by atoms with Crippen LogP contribution in [0.15, 0.2) is 12.5 Å². The maximum absolute atomic E-state index is 5.54. The van der Waals surface area contributed by atoms with Crippen molar-refractivity contribution in [2.75, 3.05) is 7.11 Å². The molecule has 0 bridgehead atoms. The summed E-state index contributed by atoms with van der Waals surface area (Å²) in [5, 5.41) is 0. The number of methoxy groups -OCH3 is 1. The lowest BCUT2D eigenvalue weighted by Gasteiger charge is -2.25. The van der Waals surface area contributed by atoms with Gasteiger partial charge in [0.1, 0.15) is 0 Å². The van der Waals surface area contributed by atoms with Crippen molar-refractivity contribution in [1.82, 2.24) is 15.0 Å². The fraction of sp³-hybridized carbons (Fsp3) is 0.727. The van der Waals surface area contributed by atoms with Crippen LogP contribution >= 0.6 is 0 Å². The number of hydrogen-bond donors (Lipinski definition) is 2. The predicted molar refractivity (Wildman–Crippen MR) is 63.6 cm³/mol. The average Bonchev–Trinajstić information content (AvgIpc) is 2.66. The Kier molecular flexibility index (Phi) is 4.46. The van der Waals surface area contributed by atoms with Crippen LogP contribution in [0, 0.1) is 0 Å². The number of nitrogens with zero attached hydrogens (tertiary/aromatic N) is 2. The molecule has 0 aliphatic carbocycles. The largest absolute Gasteiger partial charge is 0.379 e. The Bertz CT molecular complexity index is 322. The van der Waals surface area contributed by atoms with Gasteiger partial charge < -0.3 is 9.30 Å². The Balaban J connectivity index is 2.56. The maximum atomic E-state index is 5.54. The normalized spacial score (nSPS) is 14.1. The first-order valence-electron chi connectivity index (χ1n) is 5.47. The van der Waals surface area contributed by atoms with Crippen LogP contribution in [0.4, 0.5) is 0 Å². The lowest BCUT2D eigenvalue weighted by Crippen LogP contribution is -2.31. The third-order valence-electron chi connectivity index (χ3n) is 2.87. The highest BCUT2D eigenvalue weighted by Gasteiger charge is 2.20. The maximum Gasteiger partial charge on any atom is 0.0947 e. The number of nitrogens with one attached hydrogen (secondary N) is 1. The molecule has 1 atom stereocenters. The van der Waals surface area contributed by atoms with E-state index in [9.17, 15) is 0 Å². The van der Waals surface area contributed by atoms with E-state index in [0.29, 0.717) is 0 Å². The van der Waals surface area contributed by atoms with Crippen LogP contribution in [0.5, 0.6) is 0 Å². The molecule has 0 spiro atoms. The summed E-state index contributed by atoms with van der Waals surface area (Å²) in [5.74, 6) is 5.54. The van der Waals surface area contributed by atoms with Crippen LogP contribution in [0.1, 0.15) is 38.4 Å². The van der Waals surface area contributed by atoms with Gasteiger partial charge in [0.25, 0.3) is 0 Å². The van der Waals surface area contributed by atoms with Gasteiger partial charge in [0.2, 0.25) is 0 Å². The van der Waals surface area contributed by atoms with Crippen molar-refractivity contribution in [3.8, 4) is 0 Å². The van der Waals surface area contributed by atoms with Crippen LogP contribution < -0.4 is 11.3 Å². The van der Waals surface area contributed by atoms with Crippen molar-refractivity contribution >= 4 is 0 Å². The third kappa shape index (κ3) is 3.59. The Morgan fingerprint density at radius 2 is 2.31 bits per heavy atom. The number of aryl methyl sites for hydroxylation is 1. The summed E-state index contributed by atoms with van der Waals surface area (Å²) in [6, 6.07) is 0.0793. The second kappa shape index (κ2) is 5.43. The second-order valence-electron chi connectivity index (χ2n) is 4.69. The van der Waals surface area contributed by atoms with E-state index < -0.39 is 0 Å². The fourth-order valence-electron chi connectivity index (χ4n) is 1.52. The van der Waals surface area contributed by atoms with Gasteiger partial charge in [-0.2, -0.15) is 0 Å². The van der Waals surface area contributed by atoms with Gasteiger partial charge in [-0.1, -0.05) is 0 Å². The number of hydrogen-bond acceptors (Lipinski definition) is 4. The molecule has 5 nitrogen and oxygen atoms in total. The molecule has 3 N–H and O–H groups in total. The summed E-state index contributed by atoms with van der Waals surface area (Å²) in [5.41, 5.74) is 3.65. The quantitative estimate of drug-likeness (QED) is 0.564. The van der Waals surface area contributed by atoms with Gasteiger partial charge in [-0.05, 0) is 26.7 Å². The topological polar surface area (TPSA) is 65.1 Å². The molecule has 16 heavy (non-hydrogen) atoms. The van der Waals surface area contributed by atoms with Crippen molar-refractivity contribution in [3.05, 3.63) is 18.2 Å². The molecule has 0 amide bonds. The van der Waals surface area contributed by atoms with E-state index in [0.717, 1.165) is 18.5 Å². The van der Waals surface area contributed by atoms with Crippen LogP contribution in [-0.2, 0) is 11.8 Å². The van der Waals surface area contributed by atoms with E-state index in [1.807, 2.05) is 17.8 Å². The lowest BCUT2D eigenvalue weighted by molar-refractivity contribution is 0.0116. The van der Waals surface area contributed by atoms with Gasteiger partial charge in [0.05, 0.1) is 23.7 Å². The molecule has 92 valence electrons. The van der Waals surface area contributed by atoms with Crippen molar-refractivity contribution in [3.63, 3.8) is 0 Å². The molecule has 0 aromatic carbocycles. The summed E-state index contributed by atoms with van der Waals surface area (Å²) in [7, 11) is 3.68. The minimum atomic E-state index is -0.121. The molecular formula is C11H22N4O. The summed E-state index contributed by atoms with van der Waals surface area (Å²) in [6.07, 6.45) is 5.58. The van der Waals surface area contributed by atoms with E-state index in [1.54, 1.807) is 13.4 Å².